The molecular weight excluding hydrogens is 210 g/mol. The summed E-state index contributed by atoms with van der Waals surface area (Å²) < 4.78 is 5.77. The summed E-state index contributed by atoms with van der Waals surface area (Å²) in [6.07, 6.45) is 11.4. The van der Waals surface area contributed by atoms with Gasteiger partial charge in [0.05, 0.1) is 6.10 Å². The second kappa shape index (κ2) is 6.75. The van der Waals surface area contributed by atoms with E-state index in [9.17, 15) is 0 Å². The zero-order valence-corrected chi connectivity index (χ0v) is 11.6. The van der Waals surface area contributed by atoms with Gasteiger partial charge in [-0.05, 0) is 44.9 Å². The number of hydrogen-bond acceptors (Lipinski definition) is 2. The van der Waals surface area contributed by atoms with Gasteiger partial charge in [-0.15, -0.1) is 0 Å². The molecule has 2 aliphatic rings. The number of rotatable bonds is 4. The number of nitrogens with one attached hydrogen (secondary N) is 1. The first-order valence-corrected chi connectivity index (χ1v) is 7.67. The largest absolute Gasteiger partial charge is 0.377 e. The van der Waals surface area contributed by atoms with Crippen molar-refractivity contribution in [1.29, 1.82) is 0 Å². The predicted molar refractivity (Wildman–Crippen MR) is 72.2 cm³/mol. The van der Waals surface area contributed by atoms with E-state index in [1.54, 1.807) is 0 Å². The van der Waals surface area contributed by atoms with E-state index in [-0.39, 0.29) is 0 Å². The molecule has 1 N–H and O–H groups in total. The summed E-state index contributed by atoms with van der Waals surface area (Å²) in [6.45, 7) is 5.62. The second-order valence-electron chi connectivity index (χ2n) is 5.99. The standard InChI is InChI=1S/C15H29NO/c1-3-13-6-4-7-14(10-9-13)16-12(2)15-8-5-11-17-15/h12-16H,3-11H2,1-2H3. The van der Waals surface area contributed by atoms with Gasteiger partial charge in [-0.25, -0.2) is 0 Å². The quantitative estimate of drug-likeness (QED) is 0.758. The number of hydrogen-bond donors (Lipinski definition) is 1. The molecule has 0 bridgehead atoms. The van der Waals surface area contributed by atoms with Gasteiger partial charge in [-0.3, -0.25) is 0 Å². The van der Waals surface area contributed by atoms with Crippen LogP contribution in [0.3, 0.4) is 0 Å². The minimum Gasteiger partial charge on any atom is -0.377 e. The van der Waals surface area contributed by atoms with Gasteiger partial charge in [0.1, 0.15) is 0 Å². The highest BCUT2D eigenvalue weighted by Gasteiger charge is 2.25. The first kappa shape index (κ1) is 13.4. The average Bonchev–Trinajstić information content (AvgIpc) is 2.78. The van der Waals surface area contributed by atoms with Crippen molar-refractivity contribution >= 4 is 0 Å². The zero-order chi connectivity index (χ0) is 12.1. The summed E-state index contributed by atoms with van der Waals surface area (Å²) in [6, 6.07) is 1.28. The monoisotopic (exact) mass is 239 g/mol. The van der Waals surface area contributed by atoms with E-state index in [1.165, 1.54) is 51.4 Å². The van der Waals surface area contributed by atoms with Crippen LogP contribution >= 0.6 is 0 Å². The van der Waals surface area contributed by atoms with Crippen LogP contribution in [0.25, 0.3) is 0 Å². The molecule has 100 valence electrons. The summed E-state index contributed by atoms with van der Waals surface area (Å²) >= 11 is 0. The van der Waals surface area contributed by atoms with E-state index in [0.29, 0.717) is 12.1 Å². The lowest BCUT2D eigenvalue weighted by Gasteiger charge is -2.26. The summed E-state index contributed by atoms with van der Waals surface area (Å²) in [5, 5.41) is 3.82. The van der Waals surface area contributed by atoms with Gasteiger partial charge < -0.3 is 10.1 Å². The third-order valence-electron chi connectivity index (χ3n) is 4.69. The van der Waals surface area contributed by atoms with Gasteiger partial charge in [0.15, 0.2) is 0 Å². The Balaban J connectivity index is 1.74. The molecule has 1 aliphatic carbocycles. The van der Waals surface area contributed by atoms with E-state index < -0.39 is 0 Å². The maximum atomic E-state index is 5.77. The molecule has 0 spiro atoms. The van der Waals surface area contributed by atoms with Crippen molar-refractivity contribution in [3.05, 3.63) is 0 Å². The Morgan fingerprint density at radius 2 is 2.00 bits per heavy atom. The normalized spacial score (nSPS) is 36.7. The van der Waals surface area contributed by atoms with Crippen molar-refractivity contribution in [2.24, 2.45) is 5.92 Å². The molecule has 0 amide bonds. The van der Waals surface area contributed by atoms with Crippen LogP contribution in [-0.2, 0) is 4.74 Å². The van der Waals surface area contributed by atoms with Gasteiger partial charge in [-0.1, -0.05) is 26.2 Å². The van der Waals surface area contributed by atoms with Crippen LogP contribution < -0.4 is 5.32 Å². The van der Waals surface area contributed by atoms with Crippen molar-refractivity contribution in [1.82, 2.24) is 5.32 Å². The Labute approximate surface area is 107 Å². The van der Waals surface area contributed by atoms with Gasteiger partial charge in [0, 0.05) is 18.7 Å². The molecule has 2 heteroatoms. The molecule has 2 rings (SSSR count). The molecule has 1 heterocycles. The van der Waals surface area contributed by atoms with E-state index in [2.05, 4.69) is 19.2 Å². The van der Waals surface area contributed by atoms with E-state index in [4.69, 9.17) is 4.74 Å². The van der Waals surface area contributed by atoms with Crippen LogP contribution in [0.15, 0.2) is 0 Å². The van der Waals surface area contributed by atoms with Crippen molar-refractivity contribution in [3.8, 4) is 0 Å². The van der Waals surface area contributed by atoms with Gasteiger partial charge in [0.2, 0.25) is 0 Å². The van der Waals surface area contributed by atoms with Gasteiger partial charge >= 0.3 is 0 Å². The van der Waals surface area contributed by atoms with E-state index in [0.717, 1.165) is 18.6 Å². The maximum Gasteiger partial charge on any atom is 0.0726 e. The van der Waals surface area contributed by atoms with Crippen LogP contribution in [0, 0.1) is 5.92 Å². The molecule has 0 aromatic heterocycles. The highest BCUT2D eigenvalue weighted by molar-refractivity contribution is 4.82. The fraction of sp³-hybridized carbons (Fsp3) is 1.00. The Bertz CT molecular complexity index is 213. The lowest BCUT2D eigenvalue weighted by Crippen LogP contribution is -2.43. The summed E-state index contributed by atoms with van der Waals surface area (Å²) in [5.41, 5.74) is 0. The molecule has 0 radical (unpaired) electrons. The summed E-state index contributed by atoms with van der Waals surface area (Å²) in [4.78, 5) is 0. The Morgan fingerprint density at radius 3 is 2.71 bits per heavy atom. The first-order chi connectivity index (χ1) is 8.29. The third kappa shape index (κ3) is 3.96. The minimum atomic E-state index is 0.472. The van der Waals surface area contributed by atoms with Gasteiger partial charge in [0.25, 0.3) is 0 Å². The van der Waals surface area contributed by atoms with Crippen LogP contribution in [0.4, 0.5) is 0 Å². The molecular formula is C15H29NO. The minimum absolute atomic E-state index is 0.472. The van der Waals surface area contributed by atoms with Crippen molar-refractivity contribution < 1.29 is 4.74 Å². The molecule has 1 aliphatic heterocycles. The topological polar surface area (TPSA) is 21.3 Å². The molecule has 1 saturated heterocycles. The molecule has 0 aromatic carbocycles. The maximum absolute atomic E-state index is 5.77. The van der Waals surface area contributed by atoms with Gasteiger partial charge in [-0.2, -0.15) is 0 Å². The Morgan fingerprint density at radius 1 is 1.12 bits per heavy atom. The predicted octanol–water partition coefficient (Wildman–Crippen LogP) is 3.50. The Hall–Kier alpha value is -0.0800. The molecule has 0 aromatic rings. The van der Waals surface area contributed by atoms with Crippen molar-refractivity contribution in [2.75, 3.05) is 6.61 Å². The zero-order valence-electron chi connectivity index (χ0n) is 11.6. The molecule has 1 saturated carbocycles. The molecule has 2 nitrogen and oxygen atoms in total. The fourth-order valence-corrected chi connectivity index (χ4v) is 3.43. The van der Waals surface area contributed by atoms with Crippen LogP contribution in [0.5, 0.6) is 0 Å². The SMILES string of the molecule is CCC1CCCC(NC(C)C2CCCO2)CC1. The van der Waals surface area contributed by atoms with Crippen LogP contribution in [0.2, 0.25) is 0 Å². The molecule has 2 fully saturated rings. The highest BCUT2D eigenvalue weighted by atomic mass is 16.5. The fourth-order valence-electron chi connectivity index (χ4n) is 3.43. The van der Waals surface area contributed by atoms with Crippen molar-refractivity contribution in [3.63, 3.8) is 0 Å². The number of ether oxygens (including phenoxy) is 1. The third-order valence-corrected chi connectivity index (χ3v) is 4.69. The highest BCUT2D eigenvalue weighted by Crippen LogP contribution is 2.26. The van der Waals surface area contributed by atoms with Crippen molar-refractivity contribution in [2.45, 2.75) is 83.4 Å². The van der Waals surface area contributed by atoms with E-state index in [1.807, 2.05) is 0 Å². The Kier molecular flexibility index (Phi) is 5.30. The molecule has 4 atom stereocenters. The first-order valence-electron chi connectivity index (χ1n) is 7.67. The second-order valence-corrected chi connectivity index (χ2v) is 5.99. The average molecular weight is 239 g/mol. The molecule has 4 unspecified atom stereocenters. The molecule has 17 heavy (non-hydrogen) atoms. The van der Waals surface area contributed by atoms with E-state index >= 15 is 0 Å². The van der Waals surface area contributed by atoms with Crippen LogP contribution in [0.1, 0.15) is 65.2 Å². The van der Waals surface area contributed by atoms with Crippen LogP contribution in [-0.4, -0.2) is 24.8 Å². The summed E-state index contributed by atoms with van der Waals surface area (Å²) in [7, 11) is 0. The lowest BCUT2D eigenvalue weighted by molar-refractivity contribution is 0.0788. The summed E-state index contributed by atoms with van der Waals surface area (Å²) in [5.74, 6) is 0.986. The smallest absolute Gasteiger partial charge is 0.0726 e. The lowest BCUT2D eigenvalue weighted by atomic mass is 9.97.